The van der Waals surface area contributed by atoms with Gasteiger partial charge in [-0.2, -0.15) is 0 Å². The number of aliphatic hydroxyl groups excluding tert-OH is 1. The number of thiophene rings is 2. The molecule has 0 spiro atoms. The van der Waals surface area contributed by atoms with Crippen LogP contribution in [0.4, 0.5) is 0 Å². The number of hydrogen-bond acceptors (Lipinski definition) is 6. The van der Waals surface area contributed by atoms with E-state index in [0.29, 0.717) is 23.0 Å². The Bertz CT molecular complexity index is 675. The van der Waals surface area contributed by atoms with E-state index in [2.05, 4.69) is 13.8 Å². The van der Waals surface area contributed by atoms with Crippen molar-refractivity contribution >= 4 is 34.2 Å². The minimum absolute atomic E-state index is 0.0116. The Morgan fingerprint density at radius 3 is 2.23 bits per heavy atom. The molecule has 1 atom stereocenters. The minimum atomic E-state index is -0.931. The van der Waals surface area contributed by atoms with Gasteiger partial charge in [0.15, 0.2) is 17.6 Å². The molecule has 0 saturated carbocycles. The van der Waals surface area contributed by atoms with Crippen molar-refractivity contribution < 1.29 is 19.4 Å². The van der Waals surface area contributed by atoms with Gasteiger partial charge in [-0.15, -0.1) is 22.7 Å². The summed E-state index contributed by atoms with van der Waals surface area (Å²) in [5.41, 5.74) is 0. The third-order valence-corrected chi connectivity index (χ3v) is 5.53. The molecular formula is C20H26O4S2. The van der Waals surface area contributed by atoms with Gasteiger partial charge in [0, 0.05) is 6.61 Å². The zero-order valence-corrected chi connectivity index (χ0v) is 16.9. The maximum atomic E-state index is 13.0. The predicted octanol–water partition coefficient (Wildman–Crippen LogP) is 5.92. The molecule has 0 aliphatic rings. The molecule has 0 saturated heterocycles. The molecule has 0 aliphatic heterocycles. The summed E-state index contributed by atoms with van der Waals surface area (Å²) in [4.78, 5) is 14.3. The van der Waals surface area contributed by atoms with Gasteiger partial charge in [-0.05, 0) is 35.7 Å². The average molecular weight is 395 g/mol. The van der Waals surface area contributed by atoms with Gasteiger partial charge in [0.25, 0.3) is 0 Å². The molecular weight excluding hydrogens is 368 g/mol. The molecule has 2 aromatic rings. The Kier molecular flexibility index (Phi) is 8.88. The van der Waals surface area contributed by atoms with Crippen molar-refractivity contribution in [3.63, 3.8) is 0 Å². The van der Waals surface area contributed by atoms with Gasteiger partial charge in [0.1, 0.15) is 0 Å². The second-order valence-electron chi connectivity index (χ2n) is 5.84. The summed E-state index contributed by atoms with van der Waals surface area (Å²) < 4.78 is 11.8. The maximum absolute atomic E-state index is 13.0. The van der Waals surface area contributed by atoms with Gasteiger partial charge in [-0.1, -0.05) is 38.8 Å². The number of ether oxygens (including phenoxy) is 2. The normalized spacial score (nSPS) is 13.3. The van der Waals surface area contributed by atoms with Crippen LogP contribution >= 0.6 is 22.7 Å². The largest absolute Gasteiger partial charge is 0.503 e. The molecule has 0 bridgehead atoms. The number of hydrogen-bond donors (Lipinski definition) is 1. The summed E-state index contributed by atoms with van der Waals surface area (Å²) >= 11 is 2.77. The zero-order chi connectivity index (χ0) is 18.8. The van der Waals surface area contributed by atoms with Crippen LogP contribution in [-0.2, 0) is 9.47 Å². The van der Waals surface area contributed by atoms with E-state index in [4.69, 9.17) is 9.47 Å². The summed E-state index contributed by atoms with van der Waals surface area (Å²) in [6.07, 6.45) is 2.69. The van der Waals surface area contributed by atoms with E-state index < -0.39 is 6.10 Å². The number of aliphatic hydroxyl groups is 1. The van der Waals surface area contributed by atoms with Crippen molar-refractivity contribution in [1.29, 1.82) is 0 Å². The van der Waals surface area contributed by atoms with Gasteiger partial charge < -0.3 is 14.6 Å². The van der Waals surface area contributed by atoms with E-state index >= 15 is 0 Å². The van der Waals surface area contributed by atoms with Crippen LogP contribution in [0.1, 0.15) is 54.1 Å². The van der Waals surface area contributed by atoms with E-state index in [1.165, 1.54) is 22.7 Å². The third kappa shape index (κ3) is 5.69. The van der Waals surface area contributed by atoms with Crippen molar-refractivity contribution in [2.45, 2.75) is 45.6 Å². The van der Waals surface area contributed by atoms with Crippen LogP contribution in [-0.4, -0.2) is 30.2 Å². The average Bonchev–Trinajstić information content (AvgIpc) is 3.36. The molecule has 0 fully saturated rings. The molecule has 1 unspecified atom stereocenters. The van der Waals surface area contributed by atoms with Gasteiger partial charge in [-0.25, -0.2) is 0 Å². The zero-order valence-electron chi connectivity index (χ0n) is 15.3. The highest BCUT2D eigenvalue weighted by Gasteiger charge is 2.31. The minimum Gasteiger partial charge on any atom is -0.503 e. The van der Waals surface area contributed by atoms with Crippen molar-refractivity contribution in [3.8, 4) is 0 Å². The van der Waals surface area contributed by atoms with Crippen LogP contribution in [0.2, 0.25) is 0 Å². The SMILES string of the molecule is CCCCO/C(=C(/O)c1cccs1)C(OCCCC)C(=O)c1cccs1. The lowest BCUT2D eigenvalue weighted by molar-refractivity contribution is 0.0253. The summed E-state index contributed by atoms with van der Waals surface area (Å²) in [6.45, 7) is 5.01. The molecule has 2 heterocycles. The topological polar surface area (TPSA) is 55.8 Å². The lowest BCUT2D eigenvalue weighted by Crippen LogP contribution is -2.29. The fraction of sp³-hybridized carbons (Fsp3) is 0.450. The van der Waals surface area contributed by atoms with Crippen molar-refractivity contribution in [1.82, 2.24) is 0 Å². The van der Waals surface area contributed by atoms with Crippen LogP contribution in [0.3, 0.4) is 0 Å². The Balaban J connectivity index is 2.35. The highest BCUT2D eigenvalue weighted by Crippen LogP contribution is 2.28. The maximum Gasteiger partial charge on any atom is 0.209 e. The molecule has 6 heteroatoms. The number of carbonyl (C=O) groups excluding carboxylic acids is 1. The molecule has 0 aromatic carbocycles. The molecule has 2 aromatic heterocycles. The number of carbonyl (C=O) groups is 1. The van der Waals surface area contributed by atoms with E-state index in [9.17, 15) is 9.90 Å². The number of rotatable bonds is 12. The fourth-order valence-electron chi connectivity index (χ4n) is 2.29. The van der Waals surface area contributed by atoms with Crippen LogP contribution < -0.4 is 0 Å². The van der Waals surface area contributed by atoms with E-state index in [1.807, 2.05) is 29.0 Å². The van der Waals surface area contributed by atoms with Gasteiger partial charge in [0.2, 0.25) is 5.78 Å². The Morgan fingerprint density at radius 1 is 1.04 bits per heavy atom. The highest BCUT2D eigenvalue weighted by atomic mass is 32.1. The summed E-state index contributed by atoms with van der Waals surface area (Å²) in [5, 5.41) is 14.5. The van der Waals surface area contributed by atoms with E-state index in [0.717, 1.165) is 25.7 Å². The van der Waals surface area contributed by atoms with Crippen molar-refractivity contribution in [2.75, 3.05) is 13.2 Å². The smallest absolute Gasteiger partial charge is 0.209 e. The van der Waals surface area contributed by atoms with Crippen molar-refractivity contribution in [3.05, 3.63) is 50.5 Å². The summed E-state index contributed by atoms with van der Waals surface area (Å²) in [7, 11) is 0. The quantitative estimate of drug-likeness (QED) is 0.276. The lowest BCUT2D eigenvalue weighted by Gasteiger charge is -2.21. The van der Waals surface area contributed by atoms with Gasteiger partial charge >= 0.3 is 0 Å². The second kappa shape index (κ2) is 11.2. The molecule has 1 N–H and O–H groups in total. The number of Topliss-reactive ketones (excluding diaryl/α,β-unsaturated/α-hetero) is 1. The predicted molar refractivity (Wildman–Crippen MR) is 108 cm³/mol. The van der Waals surface area contributed by atoms with Gasteiger partial charge in [-0.3, -0.25) is 4.79 Å². The molecule has 0 amide bonds. The standard InChI is InChI=1S/C20H26O4S2/c1-3-5-11-23-19(17(21)15-9-7-13-25-15)20(24-12-6-4-2)18(22)16-10-8-14-26-16/h7-10,13-14,19,22H,3-6,11-12H2,1-2H3/b20-18+. The first kappa shape index (κ1) is 20.7. The molecule has 2 rings (SSSR count). The first-order valence-corrected chi connectivity index (χ1v) is 10.7. The summed E-state index contributed by atoms with van der Waals surface area (Å²) in [6, 6.07) is 7.27. The van der Waals surface area contributed by atoms with Crippen molar-refractivity contribution in [2.24, 2.45) is 0 Å². The first-order valence-electron chi connectivity index (χ1n) is 8.98. The monoisotopic (exact) mass is 394 g/mol. The molecule has 4 nitrogen and oxygen atoms in total. The van der Waals surface area contributed by atoms with Gasteiger partial charge in [0.05, 0.1) is 16.4 Å². The molecule has 142 valence electrons. The van der Waals surface area contributed by atoms with E-state index in [-0.39, 0.29) is 17.3 Å². The highest BCUT2D eigenvalue weighted by molar-refractivity contribution is 7.12. The number of unbranched alkanes of at least 4 members (excludes halogenated alkanes) is 2. The first-order chi connectivity index (χ1) is 12.7. The van der Waals surface area contributed by atoms with Crippen LogP contribution in [0.25, 0.3) is 5.76 Å². The number of ketones is 1. The summed E-state index contributed by atoms with van der Waals surface area (Å²) in [5.74, 6) is 0.0311. The van der Waals surface area contributed by atoms with Crippen LogP contribution in [0, 0.1) is 0 Å². The Morgan fingerprint density at radius 2 is 1.65 bits per heavy atom. The molecule has 0 aliphatic carbocycles. The van der Waals surface area contributed by atoms with Crippen LogP contribution in [0.5, 0.6) is 0 Å². The molecule has 26 heavy (non-hydrogen) atoms. The van der Waals surface area contributed by atoms with Crippen LogP contribution in [0.15, 0.2) is 40.8 Å². The third-order valence-electron chi connectivity index (χ3n) is 3.77. The second-order valence-corrected chi connectivity index (χ2v) is 7.73. The van der Waals surface area contributed by atoms with E-state index in [1.54, 1.807) is 6.07 Å². The fourth-order valence-corrected chi connectivity index (χ4v) is 3.65. The Hall–Kier alpha value is -1.63. The lowest BCUT2D eigenvalue weighted by atomic mass is 10.1. The Labute approximate surface area is 163 Å². The molecule has 0 radical (unpaired) electrons.